The fraction of sp³-hybridized carbons (Fsp3) is 0.333. The number of hydrogen-bond acceptors (Lipinski definition) is 3. The molecule has 0 unspecified atom stereocenters. The second kappa shape index (κ2) is 3.14. The molecule has 0 aromatic carbocycles. The molecule has 1 aliphatic heterocycles. The van der Waals surface area contributed by atoms with E-state index in [1.54, 1.807) is 21.0 Å². The summed E-state index contributed by atoms with van der Waals surface area (Å²) in [6.45, 7) is 5.23. The van der Waals surface area contributed by atoms with E-state index in [-0.39, 0.29) is 11.8 Å². The van der Waals surface area contributed by atoms with Crippen LogP contribution in [0.15, 0.2) is 23.8 Å². The summed E-state index contributed by atoms with van der Waals surface area (Å²) in [6.07, 6.45) is 1.50. The predicted molar refractivity (Wildman–Crippen MR) is 48.4 cm³/mol. The molecule has 1 rings (SSSR count). The van der Waals surface area contributed by atoms with Crippen molar-refractivity contribution in [3.63, 3.8) is 0 Å². The number of hydrazine groups is 1. The molecule has 0 N–H and O–H groups in total. The maximum Gasteiger partial charge on any atom is 0.274 e. The Kier molecular flexibility index (Phi) is 2.34. The zero-order valence-corrected chi connectivity index (χ0v) is 8.00. The molecule has 1 heterocycles. The van der Waals surface area contributed by atoms with Gasteiger partial charge in [-0.1, -0.05) is 6.58 Å². The zero-order valence-electron chi connectivity index (χ0n) is 8.00. The molecule has 13 heavy (non-hydrogen) atoms. The van der Waals surface area contributed by atoms with E-state index in [2.05, 4.69) is 6.58 Å². The van der Waals surface area contributed by atoms with Crippen LogP contribution in [0.2, 0.25) is 0 Å². The number of imide groups is 1. The Bertz CT molecular complexity index is 316. The Balaban J connectivity index is 3.12. The van der Waals surface area contributed by atoms with Gasteiger partial charge in [0, 0.05) is 25.2 Å². The predicted octanol–water partition coefficient (Wildman–Crippen LogP) is 0.334. The molecule has 4 nitrogen and oxygen atoms in total. The Morgan fingerprint density at radius 1 is 1.31 bits per heavy atom. The van der Waals surface area contributed by atoms with Crippen molar-refractivity contribution in [2.45, 2.75) is 6.92 Å². The van der Waals surface area contributed by atoms with Crippen molar-refractivity contribution in [1.29, 1.82) is 0 Å². The molecule has 2 amide bonds. The average Bonchev–Trinajstić information content (AvgIpc) is 2.01. The van der Waals surface area contributed by atoms with E-state index in [0.29, 0.717) is 11.1 Å². The highest BCUT2D eigenvalue weighted by atomic mass is 16.2. The number of carbonyl (C=O) groups excluding carboxylic acids is 2. The number of amides is 2. The molecule has 0 saturated heterocycles. The van der Waals surface area contributed by atoms with Crippen molar-refractivity contribution in [3.8, 4) is 0 Å². The zero-order chi connectivity index (χ0) is 10.2. The number of nitrogens with zero attached hydrogens (tertiary/aromatic N) is 2. The molecule has 0 aromatic heterocycles. The fourth-order valence-corrected chi connectivity index (χ4v) is 1.14. The van der Waals surface area contributed by atoms with Gasteiger partial charge in [0.25, 0.3) is 11.8 Å². The summed E-state index contributed by atoms with van der Waals surface area (Å²) in [4.78, 5) is 22.9. The highest BCUT2D eigenvalue weighted by molar-refractivity contribution is 6.14. The van der Waals surface area contributed by atoms with Crippen molar-refractivity contribution in [1.82, 2.24) is 10.0 Å². The quantitative estimate of drug-likeness (QED) is 0.431. The summed E-state index contributed by atoms with van der Waals surface area (Å²) in [5.41, 5.74) is 0.865. The van der Waals surface area contributed by atoms with Crippen LogP contribution < -0.4 is 0 Å². The van der Waals surface area contributed by atoms with E-state index in [9.17, 15) is 9.59 Å². The van der Waals surface area contributed by atoms with Crippen molar-refractivity contribution >= 4 is 11.8 Å². The maximum absolute atomic E-state index is 11.5. The van der Waals surface area contributed by atoms with E-state index in [1.807, 2.05) is 0 Å². The second-order valence-electron chi connectivity index (χ2n) is 3.12. The van der Waals surface area contributed by atoms with E-state index >= 15 is 0 Å². The SMILES string of the molecule is C=C1C=C(C)C(=O)N(N(C)C)C1=O. The van der Waals surface area contributed by atoms with Crippen LogP contribution >= 0.6 is 0 Å². The summed E-state index contributed by atoms with van der Waals surface area (Å²) in [5, 5.41) is 2.52. The van der Waals surface area contributed by atoms with Gasteiger partial charge in [0.05, 0.1) is 0 Å². The minimum absolute atomic E-state index is 0.289. The summed E-state index contributed by atoms with van der Waals surface area (Å²) < 4.78 is 0. The number of carbonyl (C=O) groups is 2. The lowest BCUT2D eigenvalue weighted by Gasteiger charge is -2.29. The standard InChI is InChI=1S/C9H12N2O2/c1-6-5-7(2)9(13)11(8(6)12)10(3)4/h5H,1H2,2-4H3. The molecule has 0 radical (unpaired) electrons. The first kappa shape index (κ1) is 9.67. The molecule has 0 bridgehead atoms. The van der Waals surface area contributed by atoms with Crippen LogP contribution in [-0.4, -0.2) is 35.9 Å². The first-order chi connectivity index (χ1) is 5.95. The Hall–Kier alpha value is -1.42. The van der Waals surface area contributed by atoms with Gasteiger partial charge < -0.3 is 0 Å². The lowest BCUT2D eigenvalue weighted by Crippen LogP contribution is -2.48. The third-order valence-corrected chi connectivity index (χ3v) is 1.79. The van der Waals surface area contributed by atoms with Crippen molar-refractivity contribution in [2.24, 2.45) is 0 Å². The van der Waals surface area contributed by atoms with Gasteiger partial charge in [-0.2, -0.15) is 0 Å². The summed E-state index contributed by atoms with van der Waals surface area (Å²) in [5.74, 6) is -0.650. The minimum Gasteiger partial charge on any atom is -0.267 e. The number of rotatable bonds is 1. The number of hydrogen-bond donors (Lipinski definition) is 0. The van der Waals surface area contributed by atoms with Crippen LogP contribution in [0.1, 0.15) is 6.92 Å². The van der Waals surface area contributed by atoms with Crippen molar-refractivity contribution in [2.75, 3.05) is 14.1 Å². The van der Waals surface area contributed by atoms with Crippen LogP contribution in [0.4, 0.5) is 0 Å². The van der Waals surface area contributed by atoms with E-state index in [0.717, 1.165) is 5.01 Å². The highest BCUT2D eigenvalue weighted by Gasteiger charge is 2.30. The Morgan fingerprint density at radius 2 is 1.85 bits per heavy atom. The molecule has 0 spiro atoms. The van der Waals surface area contributed by atoms with E-state index in [1.165, 1.54) is 11.1 Å². The summed E-state index contributed by atoms with van der Waals surface area (Å²) in [6, 6.07) is 0. The van der Waals surface area contributed by atoms with Crippen LogP contribution in [0, 0.1) is 0 Å². The van der Waals surface area contributed by atoms with E-state index in [4.69, 9.17) is 0 Å². The monoisotopic (exact) mass is 180 g/mol. The van der Waals surface area contributed by atoms with Gasteiger partial charge in [-0.15, -0.1) is 0 Å². The molecule has 0 aliphatic carbocycles. The van der Waals surface area contributed by atoms with Gasteiger partial charge in [0.15, 0.2) is 0 Å². The van der Waals surface area contributed by atoms with Crippen LogP contribution in [0.5, 0.6) is 0 Å². The first-order valence-corrected chi connectivity index (χ1v) is 3.88. The smallest absolute Gasteiger partial charge is 0.267 e. The van der Waals surface area contributed by atoms with E-state index < -0.39 is 0 Å². The lowest BCUT2D eigenvalue weighted by atomic mass is 10.1. The second-order valence-corrected chi connectivity index (χ2v) is 3.12. The van der Waals surface area contributed by atoms with Gasteiger partial charge in [0.2, 0.25) is 0 Å². The van der Waals surface area contributed by atoms with Crippen molar-refractivity contribution in [3.05, 3.63) is 23.8 Å². The van der Waals surface area contributed by atoms with Crippen molar-refractivity contribution < 1.29 is 9.59 Å². The molecule has 0 atom stereocenters. The van der Waals surface area contributed by atoms with Crippen LogP contribution in [0.3, 0.4) is 0 Å². The van der Waals surface area contributed by atoms with Gasteiger partial charge in [-0.05, 0) is 13.0 Å². The topological polar surface area (TPSA) is 40.6 Å². The van der Waals surface area contributed by atoms with Gasteiger partial charge >= 0.3 is 0 Å². The molecule has 4 heteroatoms. The first-order valence-electron chi connectivity index (χ1n) is 3.88. The Labute approximate surface area is 77.1 Å². The maximum atomic E-state index is 11.5. The van der Waals surface area contributed by atoms with Crippen LogP contribution in [-0.2, 0) is 9.59 Å². The molecule has 0 saturated carbocycles. The Morgan fingerprint density at radius 3 is 2.31 bits per heavy atom. The van der Waals surface area contributed by atoms with Gasteiger partial charge in [-0.25, -0.2) is 10.0 Å². The third kappa shape index (κ3) is 1.53. The average molecular weight is 180 g/mol. The van der Waals surface area contributed by atoms with Crippen LogP contribution in [0.25, 0.3) is 0 Å². The molecular weight excluding hydrogens is 168 g/mol. The summed E-state index contributed by atoms with van der Waals surface area (Å²) >= 11 is 0. The lowest BCUT2D eigenvalue weighted by molar-refractivity contribution is -0.155. The third-order valence-electron chi connectivity index (χ3n) is 1.79. The minimum atomic E-state index is -0.361. The molecule has 1 aliphatic rings. The molecule has 0 aromatic rings. The summed E-state index contributed by atoms with van der Waals surface area (Å²) in [7, 11) is 3.28. The highest BCUT2D eigenvalue weighted by Crippen LogP contribution is 2.16. The largest absolute Gasteiger partial charge is 0.274 e. The normalized spacial score (nSPS) is 18.3. The molecule has 70 valence electrons. The van der Waals surface area contributed by atoms with Gasteiger partial charge in [0.1, 0.15) is 0 Å². The van der Waals surface area contributed by atoms with Gasteiger partial charge in [-0.3, -0.25) is 9.59 Å². The molecule has 0 fully saturated rings. The fourth-order valence-electron chi connectivity index (χ4n) is 1.14. The molecular formula is C9H12N2O2.